The first-order valence-corrected chi connectivity index (χ1v) is 4.85. The van der Waals surface area contributed by atoms with E-state index in [1.165, 1.54) is 0 Å². The fourth-order valence-electron chi connectivity index (χ4n) is 1.15. The largest absolute Gasteiger partial charge is 0.394 e. The number of hydrogen-bond acceptors (Lipinski definition) is 4. The number of aromatic nitrogens is 2. The van der Waals surface area contributed by atoms with E-state index < -0.39 is 6.10 Å². The molecule has 82 valence electrons. The Morgan fingerprint density at radius 2 is 2.40 bits per heavy atom. The molecule has 1 atom stereocenters. The average Bonchev–Trinajstić information content (AvgIpc) is 2.68. The first kappa shape index (κ1) is 11.7. The van der Waals surface area contributed by atoms with Crippen LogP contribution in [0.3, 0.4) is 0 Å². The zero-order valence-corrected chi connectivity index (χ0v) is 8.92. The summed E-state index contributed by atoms with van der Waals surface area (Å²) in [6, 6.07) is 2.28. The number of ether oxygens (including phenoxy) is 1. The number of rotatable bonds is 5. The number of nitriles is 1. The van der Waals surface area contributed by atoms with E-state index in [0.29, 0.717) is 0 Å². The van der Waals surface area contributed by atoms with Crippen molar-refractivity contribution < 1.29 is 9.84 Å². The Kier molecular flexibility index (Phi) is 4.28. The Balaban J connectivity index is 2.71. The SMILES string of the molecule is CC(C)n1cc(C(C#N)OCCO)cn1. The Morgan fingerprint density at radius 3 is 2.87 bits per heavy atom. The third kappa shape index (κ3) is 3.05. The molecule has 5 nitrogen and oxygen atoms in total. The summed E-state index contributed by atoms with van der Waals surface area (Å²) in [5.74, 6) is 0. The minimum Gasteiger partial charge on any atom is -0.394 e. The van der Waals surface area contributed by atoms with Crippen molar-refractivity contribution in [2.24, 2.45) is 0 Å². The van der Waals surface area contributed by atoms with Gasteiger partial charge >= 0.3 is 0 Å². The molecule has 0 radical (unpaired) electrons. The van der Waals surface area contributed by atoms with Crippen LogP contribution in [0.25, 0.3) is 0 Å². The normalized spacial score (nSPS) is 12.7. The van der Waals surface area contributed by atoms with E-state index in [-0.39, 0.29) is 19.3 Å². The standard InChI is InChI=1S/C10H15N3O2/c1-8(2)13-7-9(6-12-13)10(5-11)15-4-3-14/h6-8,10,14H,3-4H2,1-2H3. The molecule has 1 N–H and O–H groups in total. The van der Waals surface area contributed by atoms with Crippen molar-refractivity contribution in [3.8, 4) is 6.07 Å². The molecule has 0 aliphatic carbocycles. The summed E-state index contributed by atoms with van der Waals surface area (Å²) < 4.78 is 6.92. The molecule has 1 aromatic rings. The van der Waals surface area contributed by atoms with Crippen LogP contribution in [-0.2, 0) is 4.74 Å². The molecule has 0 bridgehead atoms. The maximum atomic E-state index is 8.86. The summed E-state index contributed by atoms with van der Waals surface area (Å²) >= 11 is 0. The van der Waals surface area contributed by atoms with E-state index in [4.69, 9.17) is 15.1 Å². The van der Waals surface area contributed by atoms with E-state index in [1.807, 2.05) is 19.9 Å². The monoisotopic (exact) mass is 209 g/mol. The molecule has 15 heavy (non-hydrogen) atoms. The number of nitrogens with zero attached hydrogens (tertiary/aromatic N) is 3. The third-order valence-corrected chi connectivity index (χ3v) is 1.95. The van der Waals surface area contributed by atoms with Crippen LogP contribution in [0.1, 0.15) is 31.6 Å². The lowest BCUT2D eigenvalue weighted by molar-refractivity contribution is 0.0581. The lowest BCUT2D eigenvalue weighted by Gasteiger charge is -2.07. The zero-order valence-electron chi connectivity index (χ0n) is 8.92. The smallest absolute Gasteiger partial charge is 0.172 e. The molecule has 0 amide bonds. The van der Waals surface area contributed by atoms with Crippen molar-refractivity contribution in [2.75, 3.05) is 13.2 Å². The molecule has 0 aliphatic heterocycles. The van der Waals surface area contributed by atoms with E-state index in [0.717, 1.165) is 5.56 Å². The molecule has 0 aliphatic rings. The quantitative estimate of drug-likeness (QED) is 0.786. The van der Waals surface area contributed by atoms with Crippen molar-refractivity contribution in [1.82, 2.24) is 9.78 Å². The minimum atomic E-state index is -0.648. The lowest BCUT2D eigenvalue weighted by atomic mass is 10.2. The highest BCUT2D eigenvalue weighted by Crippen LogP contribution is 2.16. The van der Waals surface area contributed by atoms with Crippen molar-refractivity contribution in [3.05, 3.63) is 18.0 Å². The van der Waals surface area contributed by atoms with E-state index in [9.17, 15) is 0 Å². The summed E-state index contributed by atoms with van der Waals surface area (Å²) in [6.07, 6.45) is 2.76. The lowest BCUT2D eigenvalue weighted by Crippen LogP contribution is -2.05. The topological polar surface area (TPSA) is 71.1 Å². The molecule has 1 heterocycles. The Morgan fingerprint density at radius 1 is 1.67 bits per heavy atom. The fraction of sp³-hybridized carbons (Fsp3) is 0.600. The molecule has 0 spiro atoms. The molecule has 0 aromatic carbocycles. The summed E-state index contributed by atoms with van der Waals surface area (Å²) in [7, 11) is 0. The molecular formula is C10H15N3O2. The van der Waals surface area contributed by atoms with Crippen LogP contribution in [0.15, 0.2) is 12.4 Å². The van der Waals surface area contributed by atoms with Gasteiger partial charge in [-0.15, -0.1) is 0 Å². The third-order valence-electron chi connectivity index (χ3n) is 1.95. The second kappa shape index (κ2) is 5.49. The summed E-state index contributed by atoms with van der Waals surface area (Å²) in [5, 5.41) is 21.6. The van der Waals surface area contributed by atoms with Gasteiger partial charge in [0.05, 0.1) is 25.5 Å². The number of aliphatic hydroxyl groups is 1. The van der Waals surface area contributed by atoms with Gasteiger partial charge in [0, 0.05) is 17.8 Å². The van der Waals surface area contributed by atoms with Gasteiger partial charge in [0.15, 0.2) is 6.10 Å². The molecule has 1 unspecified atom stereocenters. The van der Waals surface area contributed by atoms with Crippen molar-refractivity contribution >= 4 is 0 Å². The van der Waals surface area contributed by atoms with Gasteiger partial charge in [0.25, 0.3) is 0 Å². The predicted molar refractivity (Wildman–Crippen MR) is 54.0 cm³/mol. The second-order valence-corrected chi connectivity index (χ2v) is 3.45. The van der Waals surface area contributed by atoms with Crippen molar-refractivity contribution in [3.63, 3.8) is 0 Å². The Labute approximate surface area is 88.9 Å². The van der Waals surface area contributed by atoms with Gasteiger partial charge in [-0.3, -0.25) is 4.68 Å². The first-order chi connectivity index (χ1) is 7.19. The van der Waals surface area contributed by atoms with Gasteiger partial charge in [-0.25, -0.2) is 0 Å². The van der Waals surface area contributed by atoms with Crippen LogP contribution in [0.5, 0.6) is 0 Å². The number of aliphatic hydroxyl groups excluding tert-OH is 1. The van der Waals surface area contributed by atoms with E-state index >= 15 is 0 Å². The molecule has 0 fully saturated rings. The molecule has 1 aromatic heterocycles. The van der Waals surface area contributed by atoms with E-state index in [2.05, 4.69) is 5.10 Å². The van der Waals surface area contributed by atoms with Gasteiger partial charge in [0.2, 0.25) is 0 Å². The van der Waals surface area contributed by atoms with Crippen LogP contribution in [0, 0.1) is 11.3 Å². The predicted octanol–water partition coefficient (Wildman–Crippen LogP) is 1.04. The van der Waals surface area contributed by atoms with Gasteiger partial charge in [-0.05, 0) is 13.8 Å². The highest BCUT2D eigenvalue weighted by atomic mass is 16.5. The van der Waals surface area contributed by atoms with E-state index in [1.54, 1.807) is 17.1 Å². The van der Waals surface area contributed by atoms with Gasteiger partial charge in [-0.1, -0.05) is 0 Å². The summed E-state index contributed by atoms with van der Waals surface area (Å²) in [4.78, 5) is 0. The highest BCUT2D eigenvalue weighted by Gasteiger charge is 2.13. The molecule has 5 heteroatoms. The van der Waals surface area contributed by atoms with Crippen LogP contribution in [0.2, 0.25) is 0 Å². The van der Waals surface area contributed by atoms with Crippen LogP contribution in [0.4, 0.5) is 0 Å². The maximum Gasteiger partial charge on any atom is 0.172 e. The minimum absolute atomic E-state index is 0.0868. The van der Waals surface area contributed by atoms with Gasteiger partial charge < -0.3 is 9.84 Å². The second-order valence-electron chi connectivity index (χ2n) is 3.45. The summed E-state index contributed by atoms with van der Waals surface area (Å²) in [6.45, 7) is 4.08. The summed E-state index contributed by atoms with van der Waals surface area (Å²) in [5.41, 5.74) is 0.722. The molecule has 0 saturated heterocycles. The van der Waals surface area contributed by atoms with Crippen LogP contribution >= 0.6 is 0 Å². The maximum absolute atomic E-state index is 8.86. The fourth-order valence-corrected chi connectivity index (χ4v) is 1.15. The zero-order chi connectivity index (χ0) is 11.3. The van der Waals surface area contributed by atoms with Gasteiger partial charge in [-0.2, -0.15) is 10.4 Å². The molecule has 0 saturated carbocycles. The first-order valence-electron chi connectivity index (χ1n) is 4.85. The van der Waals surface area contributed by atoms with Gasteiger partial charge in [0.1, 0.15) is 0 Å². The highest BCUT2D eigenvalue weighted by molar-refractivity contribution is 5.15. The average molecular weight is 209 g/mol. The van der Waals surface area contributed by atoms with Crippen LogP contribution < -0.4 is 0 Å². The van der Waals surface area contributed by atoms with Crippen molar-refractivity contribution in [2.45, 2.75) is 26.0 Å². The molecular weight excluding hydrogens is 194 g/mol. The van der Waals surface area contributed by atoms with Crippen LogP contribution in [-0.4, -0.2) is 28.1 Å². The number of hydrogen-bond donors (Lipinski definition) is 1. The van der Waals surface area contributed by atoms with Crippen molar-refractivity contribution in [1.29, 1.82) is 5.26 Å². The Hall–Kier alpha value is -1.38. The Bertz CT molecular complexity index is 341. The molecule has 1 rings (SSSR count).